The molecule has 0 heterocycles. The van der Waals surface area contributed by atoms with Gasteiger partial charge < -0.3 is 0 Å². The van der Waals surface area contributed by atoms with Gasteiger partial charge in [0.25, 0.3) is 0 Å². The highest BCUT2D eigenvalue weighted by atomic mass is 14.2. The highest BCUT2D eigenvalue weighted by Gasteiger charge is 2.09. The minimum atomic E-state index is 1.06. The van der Waals surface area contributed by atoms with Crippen LogP contribution >= 0.6 is 0 Å². The first-order chi connectivity index (χ1) is 4.81. The lowest BCUT2D eigenvalue weighted by Crippen LogP contribution is -2.04. The van der Waals surface area contributed by atoms with Gasteiger partial charge in [-0.1, -0.05) is 40.0 Å². The third-order valence-corrected chi connectivity index (χ3v) is 1.39. The zero-order valence-electron chi connectivity index (χ0n) is 7.65. The molecule has 0 aromatic heterocycles. The highest BCUT2D eigenvalue weighted by molar-refractivity contribution is 4.62. The van der Waals surface area contributed by atoms with E-state index in [1.165, 1.54) is 26.2 Å². The molecule has 10 heavy (non-hydrogen) atoms. The van der Waals surface area contributed by atoms with E-state index in [4.69, 9.17) is 5.26 Å². The van der Waals surface area contributed by atoms with Crippen LogP contribution in [-0.4, -0.2) is 0 Å². The van der Waals surface area contributed by atoms with E-state index in [0.717, 1.165) is 5.92 Å². The maximum absolute atomic E-state index is 7.32. The van der Waals surface area contributed by atoms with Crippen molar-refractivity contribution in [1.29, 1.82) is 5.26 Å². The Hall–Kier alpha value is -0.510. The van der Waals surface area contributed by atoms with Crippen LogP contribution in [-0.2, 0) is 0 Å². The molecule has 0 spiro atoms. The van der Waals surface area contributed by atoms with E-state index in [-0.39, 0.29) is 0 Å². The lowest BCUT2D eigenvalue weighted by molar-refractivity contribution is 0.346. The number of rotatable bonds is 0. The minimum absolute atomic E-state index is 1.06. The van der Waals surface area contributed by atoms with Gasteiger partial charge in [0.1, 0.15) is 0 Å². The fourth-order valence-electron chi connectivity index (χ4n) is 0.612. The molecule has 0 aliphatic heterocycles. The molecule has 1 aliphatic rings. The summed E-state index contributed by atoms with van der Waals surface area (Å²) in [6, 6.07) is 1.75. The van der Waals surface area contributed by atoms with Gasteiger partial charge in [-0.15, -0.1) is 0 Å². The van der Waals surface area contributed by atoms with Crippen molar-refractivity contribution in [2.75, 3.05) is 0 Å². The van der Waals surface area contributed by atoms with Crippen LogP contribution in [0, 0.1) is 17.2 Å². The van der Waals surface area contributed by atoms with E-state index in [0.29, 0.717) is 0 Å². The summed E-state index contributed by atoms with van der Waals surface area (Å²) in [4.78, 5) is 0. The van der Waals surface area contributed by atoms with Crippen LogP contribution in [0.5, 0.6) is 0 Å². The minimum Gasteiger partial charge on any atom is -0.199 e. The molecular weight excluding hydrogens is 122 g/mol. The lowest BCUT2D eigenvalue weighted by atomic mass is 9.88. The second-order valence-electron chi connectivity index (χ2n) is 2.26. The standard InChI is InChI=1S/C5H10.C2H3N.C2H6/c1-5-3-2-4-5;1-2-3;1-2/h5H,2-4H2,1H3;1H3;1-2H3. The van der Waals surface area contributed by atoms with Gasteiger partial charge in [-0.3, -0.25) is 0 Å². The van der Waals surface area contributed by atoms with Crippen molar-refractivity contribution < 1.29 is 0 Å². The van der Waals surface area contributed by atoms with E-state index in [1.807, 2.05) is 13.8 Å². The smallest absolute Gasteiger partial charge is 0.0587 e. The summed E-state index contributed by atoms with van der Waals surface area (Å²) in [5.41, 5.74) is 0. The molecule has 0 unspecified atom stereocenters. The molecule has 0 aromatic carbocycles. The van der Waals surface area contributed by atoms with Crippen molar-refractivity contribution in [2.45, 2.75) is 47.0 Å². The first-order valence-corrected chi connectivity index (χ1v) is 4.12. The third kappa shape index (κ3) is 10.5. The summed E-state index contributed by atoms with van der Waals surface area (Å²) in [5, 5.41) is 7.32. The second kappa shape index (κ2) is 11.3. The Balaban J connectivity index is 0. The number of hydrogen-bond acceptors (Lipinski definition) is 1. The van der Waals surface area contributed by atoms with Gasteiger partial charge in [0.2, 0.25) is 0 Å². The third-order valence-electron chi connectivity index (χ3n) is 1.39. The first kappa shape index (κ1) is 12.2. The summed E-state index contributed by atoms with van der Waals surface area (Å²) in [7, 11) is 0. The van der Waals surface area contributed by atoms with Crippen molar-refractivity contribution in [1.82, 2.24) is 0 Å². The zero-order chi connectivity index (χ0) is 8.41. The van der Waals surface area contributed by atoms with E-state index in [9.17, 15) is 0 Å². The number of nitrogens with zero attached hydrogens (tertiary/aromatic N) is 1. The zero-order valence-corrected chi connectivity index (χ0v) is 7.65. The van der Waals surface area contributed by atoms with Gasteiger partial charge in [-0.2, -0.15) is 5.26 Å². The highest BCUT2D eigenvalue weighted by Crippen LogP contribution is 2.24. The molecule has 0 amide bonds. The maximum atomic E-state index is 7.32. The Morgan fingerprint density at radius 2 is 1.50 bits per heavy atom. The molecule has 1 aliphatic carbocycles. The molecule has 0 bridgehead atoms. The van der Waals surface area contributed by atoms with Crippen molar-refractivity contribution in [3.63, 3.8) is 0 Å². The molecule has 1 rings (SSSR count). The molecule has 0 aromatic rings. The Labute approximate surface area is 65.1 Å². The SMILES string of the molecule is CC.CC#N.CC1CCC1. The number of nitriles is 1. The summed E-state index contributed by atoms with van der Waals surface area (Å²) >= 11 is 0. The average molecular weight is 141 g/mol. The number of hydrogen-bond donors (Lipinski definition) is 0. The van der Waals surface area contributed by atoms with Crippen molar-refractivity contribution in [3.05, 3.63) is 0 Å². The second-order valence-corrected chi connectivity index (χ2v) is 2.26. The van der Waals surface area contributed by atoms with Crippen LogP contribution in [0.1, 0.15) is 47.0 Å². The van der Waals surface area contributed by atoms with E-state index >= 15 is 0 Å². The largest absolute Gasteiger partial charge is 0.199 e. The van der Waals surface area contributed by atoms with Crippen LogP contribution in [0.3, 0.4) is 0 Å². The molecule has 60 valence electrons. The Morgan fingerprint density at radius 3 is 1.50 bits per heavy atom. The Kier molecular flexibility index (Phi) is 13.8. The molecule has 0 saturated heterocycles. The van der Waals surface area contributed by atoms with Crippen LogP contribution in [0.2, 0.25) is 0 Å². The molecule has 0 N–H and O–H groups in total. The molecule has 1 fully saturated rings. The van der Waals surface area contributed by atoms with Gasteiger partial charge in [0.15, 0.2) is 0 Å². The van der Waals surface area contributed by atoms with Gasteiger partial charge in [-0.05, 0) is 5.92 Å². The quantitative estimate of drug-likeness (QED) is 0.507. The van der Waals surface area contributed by atoms with Gasteiger partial charge in [0.05, 0.1) is 6.07 Å². The topological polar surface area (TPSA) is 23.8 Å². The molecule has 0 radical (unpaired) electrons. The fourth-order valence-corrected chi connectivity index (χ4v) is 0.612. The van der Waals surface area contributed by atoms with Crippen molar-refractivity contribution >= 4 is 0 Å². The summed E-state index contributed by atoms with van der Waals surface area (Å²) in [6.07, 6.45) is 4.46. The lowest BCUT2D eigenvalue weighted by Gasteiger charge is -2.18. The van der Waals surface area contributed by atoms with E-state index in [2.05, 4.69) is 6.92 Å². The molecule has 1 saturated carbocycles. The average Bonchev–Trinajstić information content (AvgIpc) is 1.90. The van der Waals surface area contributed by atoms with Crippen LogP contribution in [0.4, 0.5) is 0 Å². The predicted octanol–water partition coefficient (Wildman–Crippen LogP) is 3.36. The van der Waals surface area contributed by atoms with Crippen molar-refractivity contribution in [2.24, 2.45) is 5.92 Å². The monoisotopic (exact) mass is 141 g/mol. The van der Waals surface area contributed by atoms with Crippen molar-refractivity contribution in [3.8, 4) is 6.07 Å². The molecule has 1 nitrogen and oxygen atoms in total. The molecule has 1 heteroatoms. The molecule has 0 atom stereocenters. The Morgan fingerprint density at radius 1 is 1.30 bits per heavy atom. The maximum Gasteiger partial charge on any atom is 0.0587 e. The summed E-state index contributed by atoms with van der Waals surface area (Å²) in [5.74, 6) is 1.06. The first-order valence-electron chi connectivity index (χ1n) is 4.12. The predicted molar refractivity (Wildman–Crippen MR) is 45.7 cm³/mol. The van der Waals surface area contributed by atoms with Gasteiger partial charge in [0, 0.05) is 6.92 Å². The molecular formula is C9H19N. The summed E-state index contributed by atoms with van der Waals surface area (Å²) in [6.45, 7) is 7.74. The summed E-state index contributed by atoms with van der Waals surface area (Å²) < 4.78 is 0. The van der Waals surface area contributed by atoms with E-state index in [1.54, 1.807) is 6.07 Å². The van der Waals surface area contributed by atoms with E-state index < -0.39 is 0 Å². The fraction of sp³-hybridized carbons (Fsp3) is 0.889. The van der Waals surface area contributed by atoms with Crippen LogP contribution < -0.4 is 0 Å². The van der Waals surface area contributed by atoms with Crippen LogP contribution in [0.15, 0.2) is 0 Å². The normalized spacial score (nSPS) is 14.3. The van der Waals surface area contributed by atoms with Gasteiger partial charge in [-0.25, -0.2) is 0 Å². The van der Waals surface area contributed by atoms with Crippen LogP contribution in [0.25, 0.3) is 0 Å². The Bertz CT molecular complexity index is 77.2. The van der Waals surface area contributed by atoms with Gasteiger partial charge >= 0.3 is 0 Å².